The molecule has 1 aromatic heterocycles. The summed E-state index contributed by atoms with van der Waals surface area (Å²) in [4.78, 5) is 18.1. The van der Waals surface area contributed by atoms with Crippen LogP contribution < -0.4 is 5.32 Å². The average molecular weight is 291 g/mol. The van der Waals surface area contributed by atoms with Crippen molar-refractivity contribution in [2.24, 2.45) is 5.92 Å². The fourth-order valence-corrected chi connectivity index (χ4v) is 2.40. The van der Waals surface area contributed by atoms with E-state index in [1.807, 2.05) is 39.0 Å². The van der Waals surface area contributed by atoms with Gasteiger partial charge in [-0.25, -0.2) is 4.79 Å². The first kappa shape index (κ1) is 15.8. The van der Waals surface area contributed by atoms with Crippen molar-refractivity contribution in [1.29, 1.82) is 0 Å². The van der Waals surface area contributed by atoms with Crippen LogP contribution in [0.5, 0.6) is 0 Å². The number of carbonyl (C=O) groups excluding carboxylic acids is 1. The molecule has 0 saturated carbocycles. The number of hydrogen-bond donors (Lipinski definition) is 1. The molecule has 1 atom stereocenters. The van der Waals surface area contributed by atoms with Gasteiger partial charge < -0.3 is 15.0 Å². The Morgan fingerprint density at radius 2 is 2.29 bits per heavy atom. The van der Waals surface area contributed by atoms with Gasteiger partial charge in [-0.05, 0) is 45.2 Å². The van der Waals surface area contributed by atoms with E-state index < -0.39 is 5.60 Å². The van der Waals surface area contributed by atoms with Gasteiger partial charge >= 0.3 is 6.09 Å². The fourth-order valence-electron chi connectivity index (χ4n) is 2.40. The van der Waals surface area contributed by atoms with Crippen LogP contribution in [0.1, 0.15) is 32.9 Å². The molecular formula is C16H25N3O2. The van der Waals surface area contributed by atoms with Crippen molar-refractivity contribution in [3.63, 3.8) is 0 Å². The van der Waals surface area contributed by atoms with Gasteiger partial charge in [-0.15, -0.1) is 0 Å². The zero-order valence-corrected chi connectivity index (χ0v) is 13.1. The number of nitrogens with zero attached hydrogens (tertiary/aromatic N) is 2. The Morgan fingerprint density at radius 3 is 2.95 bits per heavy atom. The van der Waals surface area contributed by atoms with Crippen molar-refractivity contribution in [3.8, 4) is 0 Å². The SMILES string of the molecule is CC(C)(C)OC(=O)N1CCC(CNCc2ccccn2)C1. The van der Waals surface area contributed by atoms with Crippen molar-refractivity contribution in [1.82, 2.24) is 15.2 Å². The van der Waals surface area contributed by atoms with Crippen LogP contribution in [0.15, 0.2) is 24.4 Å². The molecule has 0 spiro atoms. The van der Waals surface area contributed by atoms with Crippen molar-refractivity contribution < 1.29 is 9.53 Å². The summed E-state index contributed by atoms with van der Waals surface area (Å²) in [7, 11) is 0. The predicted octanol–water partition coefficient (Wildman–Crippen LogP) is 2.43. The van der Waals surface area contributed by atoms with Crippen LogP contribution in [0.4, 0.5) is 4.79 Å². The lowest BCUT2D eigenvalue weighted by atomic mass is 10.1. The maximum atomic E-state index is 12.0. The fraction of sp³-hybridized carbons (Fsp3) is 0.625. The first-order chi connectivity index (χ1) is 9.94. The molecule has 1 aliphatic rings. The number of rotatable bonds is 4. The molecule has 1 fully saturated rings. The van der Waals surface area contributed by atoms with Crippen LogP contribution in [0.25, 0.3) is 0 Å². The molecule has 0 aliphatic carbocycles. The van der Waals surface area contributed by atoms with Crippen LogP contribution in [-0.4, -0.2) is 41.2 Å². The highest BCUT2D eigenvalue weighted by Gasteiger charge is 2.29. The summed E-state index contributed by atoms with van der Waals surface area (Å²) in [5.74, 6) is 0.487. The van der Waals surface area contributed by atoms with Gasteiger partial charge in [0, 0.05) is 32.4 Å². The van der Waals surface area contributed by atoms with Crippen LogP contribution in [0, 0.1) is 5.92 Å². The number of pyridine rings is 1. The van der Waals surface area contributed by atoms with Crippen LogP contribution in [-0.2, 0) is 11.3 Å². The number of likely N-dealkylation sites (tertiary alicyclic amines) is 1. The molecule has 2 heterocycles. The van der Waals surface area contributed by atoms with Gasteiger partial charge in [0.25, 0.3) is 0 Å². The molecule has 1 amide bonds. The Labute approximate surface area is 126 Å². The molecule has 0 radical (unpaired) electrons. The third kappa shape index (κ3) is 5.34. The van der Waals surface area contributed by atoms with Crippen molar-refractivity contribution in [2.75, 3.05) is 19.6 Å². The van der Waals surface area contributed by atoms with E-state index in [1.165, 1.54) is 0 Å². The van der Waals surface area contributed by atoms with Gasteiger partial charge in [-0.2, -0.15) is 0 Å². The Hall–Kier alpha value is -1.62. The van der Waals surface area contributed by atoms with Crippen molar-refractivity contribution >= 4 is 6.09 Å². The van der Waals surface area contributed by atoms with Gasteiger partial charge in [-0.3, -0.25) is 4.98 Å². The molecule has 0 aromatic carbocycles. The molecule has 116 valence electrons. The molecule has 21 heavy (non-hydrogen) atoms. The highest BCUT2D eigenvalue weighted by Crippen LogP contribution is 2.19. The summed E-state index contributed by atoms with van der Waals surface area (Å²) in [5, 5.41) is 3.41. The lowest BCUT2D eigenvalue weighted by Gasteiger charge is -2.24. The highest BCUT2D eigenvalue weighted by atomic mass is 16.6. The second-order valence-corrected chi connectivity index (χ2v) is 6.53. The number of aromatic nitrogens is 1. The van der Waals surface area contributed by atoms with Crippen LogP contribution in [0.3, 0.4) is 0 Å². The molecule has 1 aromatic rings. The van der Waals surface area contributed by atoms with Crippen molar-refractivity contribution in [3.05, 3.63) is 30.1 Å². The van der Waals surface area contributed by atoms with Gasteiger partial charge in [0.2, 0.25) is 0 Å². The maximum absolute atomic E-state index is 12.0. The average Bonchev–Trinajstić information content (AvgIpc) is 2.87. The number of amides is 1. The van der Waals surface area contributed by atoms with Crippen LogP contribution in [0.2, 0.25) is 0 Å². The van der Waals surface area contributed by atoms with Gasteiger partial charge in [-0.1, -0.05) is 6.07 Å². The number of carbonyl (C=O) groups is 1. The molecule has 1 N–H and O–H groups in total. The van der Waals surface area contributed by atoms with E-state index in [-0.39, 0.29) is 6.09 Å². The number of ether oxygens (including phenoxy) is 1. The summed E-state index contributed by atoms with van der Waals surface area (Å²) in [5.41, 5.74) is 0.617. The number of hydrogen-bond acceptors (Lipinski definition) is 4. The van der Waals surface area contributed by atoms with Crippen LogP contribution >= 0.6 is 0 Å². The van der Waals surface area contributed by atoms with Gasteiger partial charge in [0.15, 0.2) is 0 Å². The molecule has 5 heteroatoms. The Morgan fingerprint density at radius 1 is 1.48 bits per heavy atom. The maximum Gasteiger partial charge on any atom is 0.410 e. The van der Waals surface area contributed by atoms with Gasteiger partial charge in [0.05, 0.1) is 5.69 Å². The van der Waals surface area contributed by atoms with Crippen molar-refractivity contribution in [2.45, 2.75) is 39.3 Å². The molecule has 2 rings (SSSR count). The summed E-state index contributed by atoms with van der Waals surface area (Å²) < 4.78 is 5.40. The predicted molar refractivity (Wildman–Crippen MR) is 81.9 cm³/mol. The van der Waals surface area contributed by atoms with E-state index in [0.717, 1.165) is 38.3 Å². The molecule has 5 nitrogen and oxygen atoms in total. The first-order valence-corrected chi connectivity index (χ1v) is 7.52. The lowest BCUT2D eigenvalue weighted by Crippen LogP contribution is -2.36. The van der Waals surface area contributed by atoms with Gasteiger partial charge in [0.1, 0.15) is 5.60 Å². The normalized spacial score (nSPS) is 18.8. The first-order valence-electron chi connectivity index (χ1n) is 7.52. The Balaban J connectivity index is 1.69. The quantitative estimate of drug-likeness (QED) is 0.925. The largest absolute Gasteiger partial charge is 0.444 e. The minimum Gasteiger partial charge on any atom is -0.444 e. The topological polar surface area (TPSA) is 54.5 Å². The zero-order valence-electron chi connectivity index (χ0n) is 13.1. The molecule has 0 bridgehead atoms. The summed E-state index contributed by atoms with van der Waals surface area (Å²) in [6.45, 7) is 8.90. The van der Waals surface area contributed by atoms with E-state index in [0.29, 0.717) is 5.92 Å². The minimum absolute atomic E-state index is 0.199. The molecule has 1 aliphatic heterocycles. The monoisotopic (exact) mass is 291 g/mol. The third-order valence-corrected chi connectivity index (χ3v) is 3.40. The van der Waals surface area contributed by atoms with E-state index in [2.05, 4.69) is 10.3 Å². The summed E-state index contributed by atoms with van der Waals surface area (Å²) >= 11 is 0. The highest BCUT2D eigenvalue weighted by molar-refractivity contribution is 5.68. The Kier molecular flexibility index (Phi) is 5.17. The lowest BCUT2D eigenvalue weighted by molar-refractivity contribution is 0.0288. The van der Waals surface area contributed by atoms with E-state index >= 15 is 0 Å². The standard InChI is InChI=1S/C16H25N3O2/c1-16(2,3)21-15(20)19-9-7-13(12-19)10-17-11-14-6-4-5-8-18-14/h4-6,8,13,17H,7,9-12H2,1-3H3. The third-order valence-electron chi connectivity index (χ3n) is 3.40. The second-order valence-electron chi connectivity index (χ2n) is 6.53. The van der Waals surface area contributed by atoms with E-state index in [4.69, 9.17) is 4.74 Å². The Bertz CT molecular complexity index is 456. The number of nitrogens with one attached hydrogen (secondary N) is 1. The second kappa shape index (κ2) is 6.89. The smallest absolute Gasteiger partial charge is 0.410 e. The molecule has 1 saturated heterocycles. The minimum atomic E-state index is -0.424. The summed E-state index contributed by atoms with van der Waals surface area (Å²) in [6, 6.07) is 5.91. The molecule has 1 unspecified atom stereocenters. The summed E-state index contributed by atoms with van der Waals surface area (Å²) in [6.07, 6.45) is 2.63. The van der Waals surface area contributed by atoms with E-state index in [9.17, 15) is 4.79 Å². The molecular weight excluding hydrogens is 266 g/mol. The van der Waals surface area contributed by atoms with E-state index in [1.54, 1.807) is 11.1 Å². The zero-order chi connectivity index (χ0) is 15.3.